The van der Waals surface area contributed by atoms with E-state index in [9.17, 15) is 0 Å². The first-order valence-corrected chi connectivity index (χ1v) is 7.38. The van der Waals surface area contributed by atoms with E-state index < -0.39 is 0 Å². The van der Waals surface area contributed by atoms with Crippen molar-refractivity contribution >= 4 is 0 Å². The van der Waals surface area contributed by atoms with Crippen molar-refractivity contribution in [1.82, 2.24) is 4.98 Å². The third kappa shape index (κ3) is 3.38. The average Bonchev–Trinajstić information content (AvgIpc) is 2.55. The zero-order chi connectivity index (χ0) is 13.6. The molecule has 0 saturated heterocycles. The smallest absolute Gasteiger partial charge is 0.213 e. The minimum Gasteiger partial charge on any atom is -0.473 e. The van der Waals surface area contributed by atoms with E-state index in [1.165, 1.54) is 36.8 Å². The molecule has 103 valence electrons. The first kappa shape index (κ1) is 13.2. The molecule has 1 aliphatic rings. The van der Waals surface area contributed by atoms with Crippen molar-refractivity contribution in [3.8, 4) is 5.88 Å². The molecule has 1 aliphatic carbocycles. The number of ether oxygens (including phenoxy) is 1. The summed E-state index contributed by atoms with van der Waals surface area (Å²) in [6, 6.07) is 14.3. The van der Waals surface area contributed by atoms with Crippen LogP contribution in [-0.4, -0.2) is 4.98 Å². The van der Waals surface area contributed by atoms with E-state index in [0.29, 0.717) is 18.4 Å². The Morgan fingerprint density at radius 1 is 1.05 bits per heavy atom. The van der Waals surface area contributed by atoms with Crippen molar-refractivity contribution in [3.05, 3.63) is 66.2 Å². The molecule has 0 aliphatic heterocycles. The van der Waals surface area contributed by atoms with Crippen LogP contribution in [-0.2, 0) is 6.61 Å². The van der Waals surface area contributed by atoms with Crippen LogP contribution in [0.15, 0.2) is 48.7 Å². The topological polar surface area (TPSA) is 22.1 Å². The van der Waals surface area contributed by atoms with Gasteiger partial charge in [-0.1, -0.05) is 49.2 Å². The Labute approximate surface area is 120 Å². The van der Waals surface area contributed by atoms with Crippen molar-refractivity contribution < 1.29 is 4.74 Å². The summed E-state index contributed by atoms with van der Waals surface area (Å²) in [6.45, 7) is 0.572. The predicted molar refractivity (Wildman–Crippen MR) is 80.5 cm³/mol. The van der Waals surface area contributed by atoms with Gasteiger partial charge in [0.05, 0.1) is 0 Å². The average molecular weight is 266 g/mol. The largest absolute Gasteiger partial charge is 0.473 e. The molecule has 2 nitrogen and oxygen atoms in total. The number of hydrogen-bond acceptors (Lipinski definition) is 2. The third-order valence-corrected chi connectivity index (χ3v) is 3.84. The van der Waals surface area contributed by atoms with Crippen LogP contribution >= 0.6 is 0 Å². The summed E-state index contributed by atoms with van der Waals surface area (Å²) >= 11 is 0. The van der Waals surface area contributed by atoms with Crippen LogP contribution < -0.4 is 4.74 Å². The van der Waals surface area contributed by atoms with Gasteiger partial charge in [0, 0.05) is 12.3 Å². The van der Waals surface area contributed by atoms with Gasteiger partial charge >= 0.3 is 0 Å². The van der Waals surface area contributed by atoms with E-state index >= 15 is 0 Å². The third-order valence-electron chi connectivity index (χ3n) is 3.84. The quantitative estimate of drug-likeness (QED) is 0.811. The van der Waals surface area contributed by atoms with Crippen molar-refractivity contribution in [3.63, 3.8) is 0 Å². The highest BCUT2D eigenvalue weighted by molar-refractivity contribution is 5.24. The van der Waals surface area contributed by atoms with E-state index in [0.717, 1.165) is 0 Å². The molecular formula is C18H20NO. The molecule has 1 saturated carbocycles. The van der Waals surface area contributed by atoms with Crippen molar-refractivity contribution in [2.45, 2.75) is 38.2 Å². The van der Waals surface area contributed by atoms with Crippen LogP contribution in [0.1, 0.15) is 42.7 Å². The maximum atomic E-state index is 5.71. The Morgan fingerprint density at radius 2 is 1.95 bits per heavy atom. The Bertz CT molecular complexity index is 515. The summed E-state index contributed by atoms with van der Waals surface area (Å²) in [6.07, 6.45) is 9.54. The van der Waals surface area contributed by atoms with Gasteiger partial charge in [0.15, 0.2) is 0 Å². The standard InChI is InChI=1S/C18H20NO/c1-3-7-15(8-4-1)14-20-18-12-11-17(13-19-18)16-9-5-2-6-10-16/h1,3-4,7-9,11-13,16H,2,5-6,10,14H2. The molecule has 1 radical (unpaired) electrons. The summed E-state index contributed by atoms with van der Waals surface area (Å²) in [5.74, 6) is 1.29. The maximum absolute atomic E-state index is 5.71. The molecule has 1 atom stereocenters. The van der Waals surface area contributed by atoms with Crippen molar-refractivity contribution in [2.24, 2.45) is 0 Å². The molecule has 0 amide bonds. The van der Waals surface area contributed by atoms with Gasteiger partial charge in [-0.15, -0.1) is 0 Å². The van der Waals surface area contributed by atoms with E-state index in [2.05, 4.69) is 29.6 Å². The fourth-order valence-corrected chi connectivity index (χ4v) is 2.68. The summed E-state index contributed by atoms with van der Waals surface area (Å²) in [5.41, 5.74) is 2.48. The number of benzene rings is 1. The highest BCUT2D eigenvalue weighted by Crippen LogP contribution is 2.31. The van der Waals surface area contributed by atoms with Gasteiger partial charge < -0.3 is 4.74 Å². The molecule has 1 heterocycles. The van der Waals surface area contributed by atoms with Gasteiger partial charge in [0.25, 0.3) is 0 Å². The Balaban J connectivity index is 1.58. The number of pyridine rings is 1. The second-order valence-corrected chi connectivity index (χ2v) is 5.33. The SMILES string of the molecule is [CH]1CCCCC1c1ccc(OCc2ccccc2)nc1. The van der Waals surface area contributed by atoms with E-state index in [-0.39, 0.29) is 0 Å². The normalized spacial score (nSPS) is 16.0. The number of aromatic nitrogens is 1. The van der Waals surface area contributed by atoms with Crippen LogP contribution in [0.3, 0.4) is 0 Å². The molecular weight excluding hydrogens is 246 g/mol. The lowest BCUT2D eigenvalue weighted by molar-refractivity contribution is 0.293. The van der Waals surface area contributed by atoms with Gasteiger partial charge in [0.2, 0.25) is 5.88 Å². The maximum Gasteiger partial charge on any atom is 0.213 e. The molecule has 2 aromatic rings. The van der Waals surface area contributed by atoms with Crippen LogP contribution in [0.5, 0.6) is 5.88 Å². The number of nitrogens with zero attached hydrogens (tertiary/aromatic N) is 1. The van der Waals surface area contributed by atoms with Gasteiger partial charge in [0.1, 0.15) is 6.61 Å². The van der Waals surface area contributed by atoms with Gasteiger partial charge in [-0.3, -0.25) is 0 Å². The van der Waals surface area contributed by atoms with Crippen LogP contribution in [0, 0.1) is 6.42 Å². The summed E-state index contributed by atoms with van der Waals surface area (Å²) in [4.78, 5) is 4.43. The lowest BCUT2D eigenvalue weighted by Crippen LogP contribution is -2.06. The predicted octanol–water partition coefficient (Wildman–Crippen LogP) is 4.52. The van der Waals surface area contributed by atoms with Crippen molar-refractivity contribution in [2.75, 3.05) is 0 Å². The minimum atomic E-state index is 0.572. The van der Waals surface area contributed by atoms with Gasteiger partial charge in [-0.2, -0.15) is 0 Å². The molecule has 1 aromatic carbocycles. The first-order chi connectivity index (χ1) is 9.92. The number of rotatable bonds is 4. The molecule has 3 rings (SSSR count). The van der Waals surface area contributed by atoms with Gasteiger partial charge in [-0.25, -0.2) is 4.98 Å². The second kappa shape index (κ2) is 6.56. The Kier molecular flexibility index (Phi) is 4.32. The fraction of sp³-hybridized carbons (Fsp3) is 0.333. The summed E-state index contributed by atoms with van der Waals surface area (Å²) in [5, 5.41) is 0. The summed E-state index contributed by atoms with van der Waals surface area (Å²) < 4.78 is 5.71. The van der Waals surface area contributed by atoms with Crippen LogP contribution in [0.4, 0.5) is 0 Å². The van der Waals surface area contributed by atoms with Gasteiger partial charge in [-0.05, 0) is 36.3 Å². The molecule has 1 aromatic heterocycles. The van der Waals surface area contributed by atoms with Crippen LogP contribution in [0.25, 0.3) is 0 Å². The molecule has 0 spiro atoms. The van der Waals surface area contributed by atoms with Crippen LogP contribution in [0.2, 0.25) is 0 Å². The molecule has 2 heteroatoms. The lowest BCUT2D eigenvalue weighted by atomic mass is 9.85. The fourth-order valence-electron chi connectivity index (χ4n) is 2.68. The number of hydrogen-bond donors (Lipinski definition) is 0. The zero-order valence-electron chi connectivity index (χ0n) is 11.7. The monoisotopic (exact) mass is 266 g/mol. The summed E-state index contributed by atoms with van der Waals surface area (Å²) in [7, 11) is 0. The van der Waals surface area contributed by atoms with E-state index in [1.54, 1.807) is 0 Å². The molecule has 0 N–H and O–H groups in total. The lowest BCUT2D eigenvalue weighted by Gasteiger charge is -2.21. The molecule has 1 fully saturated rings. The Morgan fingerprint density at radius 3 is 2.65 bits per heavy atom. The van der Waals surface area contributed by atoms with Crippen molar-refractivity contribution in [1.29, 1.82) is 0 Å². The molecule has 20 heavy (non-hydrogen) atoms. The first-order valence-electron chi connectivity index (χ1n) is 7.38. The zero-order valence-corrected chi connectivity index (χ0v) is 11.7. The second-order valence-electron chi connectivity index (χ2n) is 5.33. The minimum absolute atomic E-state index is 0.572. The molecule has 0 bridgehead atoms. The highest BCUT2D eigenvalue weighted by Gasteiger charge is 2.15. The Hall–Kier alpha value is -1.83. The highest BCUT2D eigenvalue weighted by atomic mass is 16.5. The molecule has 1 unspecified atom stereocenters. The van der Waals surface area contributed by atoms with E-state index in [1.807, 2.05) is 30.5 Å². The van der Waals surface area contributed by atoms with E-state index in [4.69, 9.17) is 4.74 Å².